The van der Waals surface area contributed by atoms with Crippen LogP contribution in [0.3, 0.4) is 0 Å². The predicted octanol–water partition coefficient (Wildman–Crippen LogP) is 1.80. The molecule has 0 amide bonds. The average molecular weight is 401 g/mol. The fourth-order valence-electron chi connectivity index (χ4n) is 4.09. The summed E-state index contributed by atoms with van der Waals surface area (Å²) in [5.74, 6) is 1.10. The third-order valence-corrected chi connectivity index (χ3v) is 6.00. The second-order valence-electron chi connectivity index (χ2n) is 8.34. The first kappa shape index (κ1) is 22.1. The van der Waals surface area contributed by atoms with Gasteiger partial charge in [0.25, 0.3) is 0 Å². The molecule has 0 atom stereocenters. The Morgan fingerprint density at radius 1 is 0.897 bits per heavy atom. The van der Waals surface area contributed by atoms with Gasteiger partial charge in [-0.25, -0.2) is 0 Å². The predicted molar refractivity (Wildman–Crippen MR) is 122 cm³/mol. The van der Waals surface area contributed by atoms with Gasteiger partial charge in [0.15, 0.2) is 5.96 Å². The van der Waals surface area contributed by atoms with Crippen molar-refractivity contribution in [3.8, 4) is 0 Å². The van der Waals surface area contributed by atoms with Gasteiger partial charge in [0.05, 0.1) is 0 Å². The highest BCUT2D eigenvalue weighted by Crippen LogP contribution is 2.09. The Morgan fingerprint density at radius 2 is 1.59 bits per heavy atom. The molecule has 2 aliphatic rings. The zero-order valence-corrected chi connectivity index (χ0v) is 18.5. The number of benzene rings is 1. The van der Waals surface area contributed by atoms with Crippen LogP contribution < -0.4 is 5.32 Å². The van der Waals surface area contributed by atoms with E-state index < -0.39 is 0 Å². The van der Waals surface area contributed by atoms with Gasteiger partial charge < -0.3 is 20.0 Å². The van der Waals surface area contributed by atoms with Gasteiger partial charge in [0, 0.05) is 72.0 Å². The molecule has 1 aromatic rings. The molecule has 1 N–H and O–H groups in total. The van der Waals surface area contributed by atoms with Crippen LogP contribution in [0, 0.1) is 0 Å². The first-order valence-corrected chi connectivity index (χ1v) is 11.4. The van der Waals surface area contributed by atoms with Gasteiger partial charge in [-0.3, -0.25) is 9.89 Å². The molecule has 0 saturated carbocycles. The molecule has 6 heteroatoms. The van der Waals surface area contributed by atoms with Crippen LogP contribution in [-0.2, 0) is 6.54 Å². The molecule has 2 saturated heterocycles. The average Bonchev–Trinajstić information content (AvgIpc) is 2.75. The first-order valence-electron chi connectivity index (χ1n) is 11.4. The summed E-state index contributed by atoms with van der Waals surface area (Å²) in [4.78, 5) is 14.9. The van der Waals surface area contributed by atoms with Crippen molar-refractivity contribution in [3.05, 3.63) is 35.9 Å². The largest absolute Gasteiger partial charge is 0.357 e. The second kappa shape index (κ2) is 12.2. The van der Waals surface area contributed by atoms with Crippen molar-refractivity contribution in [1.29, 1.82) is 0 Å². The molecule has 0 spiro atoms. The number of piperazine rings is 2. The lowest BCUT2D eigenvalue weighted by Gasteiger charge is -2.36. The summed E-state index contributed by atoms with van der Waals surface area (Å²) in [6.07, 6.45) is 2.42. The van der Waals surface area contributed by atoms with Crippen LogP contribution in [0.5, 0.6) is 0 Å². The van der Waals surface area contributed by atoms with Crippen molar-refractivity contribution in [3.63, 3.8) is 0 Å². The summed E-state index contributed by atoms with van der Waals surface area (Å²) in [6.45, 7) is 15.5. The molecule has 29 heavy (non-hydrogen) atoms. The van der Waals surface area contributed by atoms with Gasteiger partial charge >= 0.3 is 0 Å². The smallest absolute Gasteiger partial charge is 0.194 e. The highest BCUT2D eigenvalue weighted by molar-refractivity contribution is 5.80. The van der Waals surface area contributed by atoms with Crippen LogP contribution in [0.4, 0.5) is 0 Å². The standard InChI is InChI=1S/C23H40N6/c1-3-24-23(25-11-7-8-12-27-15-13-26(2)14-16-27)29-19-17-28(18-20-29)21-22-9-5-4-6-10-22/h4-6,9-10H,3,7-8,11-21H2,1-2H3,(H,24,25). The van der Waals surface area contributed by atoms with E-state index in [1.807, 2.05) is 0 Å². The molecule has 0 aliphatic carbocycles. The fourth-order valence-corrected chi connectivity index (χ4v) is 4.09. The van der Waals surface area contributed by atoms with Gasteiger partial charge in [-0.2, -0.15) is 0 Å². The van der Waals surface area contributed by atoms with Gasteiger partial charge in [-0.05, 0) is 38.9 Å². The zero-order valence-electron chi connectivity index (χ0n) is 18.5. The number of aliphatic imine (C=N–C) groups is 1. The molecule has 6 nitrogen and oxygen atoms in total. The van der Waals surface area contributed by atoms with E-state index in [1.54, 1.807) is 0 Å². The Morgan fingerprint density at radius 3 is 2.28 bits per heavy atom. The maximum Gasteiger partial charge on any atom is 0.194 e. The lowest BCUT2D eigenvalue weighted by Crippen LogP contribution is -2.52. The van der Waals surface area contributed by atoms with Crippen molar-refractivity contribution >= 4 is 5.96 Å². The highest BCUT2D eigenvalue weighted by Gasteiger charge is 2.19. The summed E-state index contributed by atoms with van der Waals surface area (Å²) in [5, 5.41) is 3.50. The number of nitrogens with zero attached hydrogens (tertiary/aromatic N) is 5. The van der Waals surface area contributed by atoms with Crippen LogP contribution >= 0.6 is 0 Å². The molecule has 1 aromatic carbocycles. The summed E-state index contributed by atoms with van der Waals surface area (Å²) in [7, 11) is 2.22. The van der Waals surface area contributed by atoms with Crippen molar-refractivity contribution in [2.45, 2.75) is 26.3 Å². The molecule has 2 aliphatic heterocycles. The van der Waals surface area contributed by atoms with E-state index in [0.29, 0.717) is 0 Å². The minimum Gasteiger partial charge on any atom is -0.357 e. The fraction of sp³-hybridized carbons (Fsp3) is 0.696. The first-order chi connectivity index (χ1) is 14.2. The highest BCUT2D eigenvalue weighted by atomic mass is 15.3. The molecule has 162 valence electrons. The Labute approximate surface area is 177 Å². The molecule has 2 heterocycles. The third-order valence-electron chi connectivity index (χ3n) is 6.00. The summed E-state index contributed by atoms with van der Waals surface area (Å²) < 4.78 is 0. The van der Waals surface area contributed by atoms with E-state index in [4.69, 9.17) is 4.99 Å². The Kier molecular flexibility index (Phi) is 9.25. The number of guanidine groups is 1. The number of hydrogen-bond donors (Lipinski definition) is 1. The maximum atomic E-state index is 4.93. The van der Waals surface area contributed by atoms with Crippen LogP contribution in [0.15, 0.2) is 35.3 Å². The van der Waals surface area contributed by atoms with Gasteiger partial charge in [-0.1, -0.05) is 30.3 Å². The summed E-state index contributed by atoms with van der Waals surface area (Å²) in [5.41, 5.74) is 1.40. The lowest BCUT2D eigenvalue weighted by atomic mass is 10.2. The maximum absolute atomic E-state index is 4.93. The minimum atomic E-state index is 0.931. The van der Waals surface area contributed by atoms with Crippen LogP contribution in [0.1, 0.15) is 25.3 Å². The van der Waals surface area contributed by atoms with Crippen LogP contribution in [0.25, 0.3) is 0 Å². The van der Waals surface area contributed by atoms with Crippen LogP contribution in [-0.4, -0.2) is 105 Å². The third kappa shape index (κ3) is 7.61. The van der Waals surface area contributed by atoms with Gasteiger partial charge in [0.2, 0.25) is 0 Å². The molecule has 2 fully saturated rings. The van der Waals surface area contributed by atoms with Crippen molar-refractivity contribution < 1.29 is 0 Å². The van der Waals surface area contributed by atoms with Gasteiger partial charge in [-0.15, -0.1) is 0 Å². The van der Waals surface area contributed by atoms with Crippen LogP contribution in [0.2, 0.25) is 0 Å². The number of unbranched alkanes of at least 4 members (excludes halogenated alkanes) is 1. The molecule has 0 radical (unpaired) electrons. The normalized spacial score (nSPS) is 20.2. The molecule has 3 rings (SSSR count). The molecule has 0 bridgehead atoms. The Balaban J connectivity index is 1.36. The Hall–Kier alpha value is -1.63. The van der Waals surface area contributed by atoms with Crippen molar-refractivity contribution in [1.82, 2.24) is 24.9 Å². The number of rotatable bonds is 8. The molecule has 0 aromatic heterocycles. The Bertz CT molecular complexity index is 589. The zero-order chi connectivity index (χ0) is 20.3. The molecular formula is C23H40N6. The minimum absolute atomic E-state index is 0.931. The summed E-state index contributed by atoms with van der Waals surface area (Å²) in [6, 6.07) is 10.8. The van der Waals surface area contributed by atoms with E-state index >= 15 is 0 Å². The van der Waals surface area contributed by atoms with E-state index in [-0.39, 0.29) is 0 Å². The second-order valence-corrected chi connectivity index (χ2v) is 8.34. The topological polar surface area (TPSA) is 37.4 Å². The quantitative estimate of drug-likeness (QED) is 0.409. The number of nitrogens with one attached hydrogen (secondary N) is 1. The van der Waals surface area contributed by atoms with Crippen molar-refractivity contribution in [2.24, 2.45) is 4.99 Å². The molecular weight excluding hydrogens is 360 g/mol. The SMILES string of the molecule is CCNC(=NCCCCN1CCN(C)CC1)N1CCN(Cc2ccccc2)CC1. The monoisotopic (exact) mass is 400 g/mol. The van der Waals surface area contributed by atoms with E-state index in [1.165, 1.54) is 51.1 Å². The van der Waals surface area contributed by atoms with Crippen molar-refractivity contribution in [2.75, 3.05) is 79.0 Å². The van der Waals surface area contributed by atoms with E-state index in [2.05, 4.69) is 69.2 Å². The number of hydrogen-bond acceptors (Lipinski definition) is 4. The molecule has 0 unspecified atom stereocenters. The van der Waals surface area contributed by atoms with E-state index in [0.717, 1.165) is 51.8 Å². The van der Waals surface area contributed by atoms with Gasteiger partial charge in [0.1, 0.15) is 0 Å². The number of likely N-dealkylation sites (N-methyl/N-ethyl adjacent to an activating group) is 1. The van der Waals surface area contributed by atoms with E-state index in [9.17, 15) is 0 Å². The lowest BCUT2D eigenvalue weighted by molar-refractivity contribution is 0.152. The summed E-state index contributed by atoms with van der Waals surface area (Å²) >= 11 is 0.